The Hall–Kier alpha value is -1.78. The van der Waals surface area contributed by atoms with Crippen LogP contribution in [0.4, 0.5) is 0 Å². The smallest absolute Gasteiger partial charge is 0.333 e. The lowest BCUT2D eigenvalue weighted by molar-refractivity contribution is -0.148. The summed E-state index contributed by atoms with van der Waals surface area (Å²) < 4.78 is 0. The van der Waals surface area contributed by atoms with Gasteiger partial charge in [0.15, 0.2) is 0 Å². The largest absolute Gasteiger partial charge is 0.481 e. The average Bonchev–Trinajstić information content (AvgIpc) is 2.29. The molecule has 0 aromatic rings. The maximum atomic E-state index is 11.4. The zero-order chi connectivity index (χ0) is 13.9. The first kappa shape index (κ1) is 14.3. The van der Waals surface area contributed by atoms with E-state index < -0.39 is 23.3 Å². The number of aliphatic carboxylic acids is 2. The maximum absolute atomic E-state index is 11.4. The molecule has 1 aliphatic rings. The zero-order valence-corrected chi connectivity index (χ0v) is 10.6. The van der Waals surface area contributed by atoms with Gasteiger partial charge in [-0.05, 0) is 19.4 Å². The van der Waals surface area contributed by atoms with Crippen molar-refractivity contribution in [1.29, 1.82) is 0 Å². The standard InChI is InChI=1S/C13H19NO4/c1-3-4-5-8-10(11(15)16)9(14)6-7-13(8,2)12(17)18/h6-8H,3-5,14H2,1-2H3,(H,15,16)(H,17,18). The van der Waals surface area contributed by atoms with Crippen LogP contribution in [0.15, 0.2) is 23.4 Å². The molecule has 0 amide bonds. The van der Waals surface area contributed by atoms with E-state index in [0.29, 0.717) is 6.42 Å². The van der Waals surface area contributed by atoms with E-state index in [1.54, 1.807) is 6.92 Å². The molecular weight excluding hydrogens is 234 g/mol. The summed E-state index contributed by atoms with van der Waals surface area (Å²) in [5.74, 6) is -2.74. The van der Waals surface area contributed by atoms with Crippen LogP contribution in [0.2, 0.25) is 0 Å². The summed E-state index contributed by atoms with van der Waals surface area (Å²) in [6, 6.07) is 0. The van der Waals surface area contributed by atoms with Crippen molar-refractivity contribution in [3.63, 3.8) is 0 Å². The second-order valence-corrected chi connectivity index (χ2v) is 4.79. The number of carboxylic acid groups (broad SMARTS) is 2. The molecule has 1 aliphatic carbocycles. The third-order valence-electron chi connectivity index (χ3n) is 3.53. The molecule has 2 unspecified atom stereocenters. The van der Waals surface area contributed by atoms with Crippen LogP contribution in [0.25, 0.3) is 0 Å². The molecule has 4 N–H and O–H groups in total. The molecule has 2 atom stereocenters. The van der Waals surface area contributed by atoms with Crippen molar-refractivity contribution >= 4 is 11.9 Å². The van der Waals surface area contributed by atoms with Gasteiger partial charge in [0, 0.05) is 11.6 Å². The number of rotatable bonds is 5. The number of allylic oxidation sites excluding steroid dienone is 1. The summed E-state index contributed by atoms with van der Waals surface area (Å²) in [5.41, 5.74) is 4.66. The van der Waals surface area contributed by atoms with E-state index in [0.717, 1.165) is 12.8 Å². The molecular formula is C13H19NO4. The SMILES string of the molecule is CCCCC1C(C(=O)O)=C(N)C=CC1(C)C(=O)O. The number of nitrogens with two attached hydrogens (primary N) is 1. The van der Waals surface area contributed by atoms with Gasteiger partial charge in [-0.15, -0.1) is 0 Å². The first-order valence-corrected chi connectivity index (χ1v) is 6.00. The van der Waals surface area contributed by atoms with Crippen LogP contribution in [0.3, 0.4) is 0 Å². The number of unbranched alkanes of at least 4 members (excludes halogenated alkanes) is 1. The van der Waals surface area contributed by atoms with Gasteiger partial charge in [-0.2, -0.15) is 0 Å². The van der Waals surface area contributed by atoms with Gasteiger partial charge in [0.2, 0.25) is 0 Å². The third-order valence-corrected chi connectivity index (χ3v) is 3.53. The first-order chi connectivity index (χ1) is 8.34. The molecule has 0 radical (unpaired) electrons. The van der Waals surface area contributed by atoms with Crippen molar-refractivity contribution in [2.24, 2.45) is 17.1 Å². The fraction of sp³-hybridized carbons (Fsp3) is 0.538. The highest BCUT2D eigenvalue weighted by Gasteiger charge is 2.45. The average molecular weight is 253 g/mol. The Bertz CT molecular complexity index is 425. The number of carboxylic acids is 2. The molecule has 0 aromatic carbocycles. The van der Waals surface area contributed by atoms with Gasteiger partial charge in [-0.3, -0.25) is 4.79 Å². The van der Waals surface area contributed by atoms with Crippen LogP contribution >= 0.6 is 0 Å². The summed E-state index contributed by atoms with van der Waals surface area (Å²) in [6.07, 6.45) is 5.04. The first-order valence-electron chi connectivity index (χ1n) is 6.00. The van der Waals surface area contributed by atoms with Gasteiger partial charge in [0.1, 0.15) is 0 Å². The molecule has 1 rings (SSSR count). The van der Waals surface area contributed by atoms with E-state index in [-0.39, 0.29) is 11.3 Å². The van der Waals surface area contributed by atoms with E-state index >= 15 is 0 Å². The van der Waals surface area contributed by atoms with Crippen molar-refractivity contribution in [2.45, 2.75) is 33.1 Å². The highest BCUT2D eigenvalue weighted by Crippen LogP contribution is 2.42. The Morgan fingerprint density at radius 3 is 2.50 bits per heavy atom. The molecule has 0 saturated carbocycles. The number of hydrogen-bond donors (Lipinski definition) is 3. The minimum atomic E-state index is -1.20. The Balaban J connectivity index is 3.23. The Labute approximate surface area is 106 Å². The molecule has 18 heavy (non-hydrogen) atoms. The molecule has 0 aromatic heterocycles. The van der Waals surface area contributed by atoms with Crippen molar-refractivity contribution < 1.29 is 19.8 Å². The topological polar surface area (TPSA) is 101 Å². The van der Waals surface area contributed by atoms with Gasteiger partial charge < -0.3 is 15.9 Å². The molecule has 100 valence electrons. The van der Waals surface area contributed by atoms with Crippen LogP contribution in [0, 0.1) is 11.3 Å². The van der Waals surface area contributed by atoms with Gasteiger partial charge in [0.25, 0.3) is 0 Å². The lowest BCUT2D eigenvalue weighted by Crippen LogP contribution is -2.40. The molecule has 0 bridgehead atoms. The molecule has 0 saturated heterocycles. The normalized spacial score (nSPS) is 27.3. The third kappa shape index (κ3) is 2.39. The number of carbonyl (C=O) groups is 2. The van der Waals surface area contributed by atoms with Crippen LogP contribution in [0.1, 0.15) is 33.1 Å². The molecule has 0 aliphatic heterocycles. The van der Waals surface area contributed by atoms with E-state index in [4.69, 9.17) is 5.73 Å². The van der Waals surface area contributed by atoms with Gasteiger partial charge in [-0.1, -0.05) is 25.8 Å². The lowest BCUT2D eigenvalue weighted by Gasteiger charge is -2.35. The minimum Gasteiger partial charge on any atom is -0.481 e. The van der Waals surface area contributed by atoms with Crippen LogP contribution in [-0.4, -0.2) is 22.2 Å². The van der Waals surface area contributed by atoms with E-state index in [9.17, 15) is 19.8 Å². The Morgan fingerprint density at radius 2 is 2.06 bits per heavy atom. The van der Waals surface area contributed by atoms with Crippen molar-refractivity contribution in [1.82, 2.24) is 0 Å². The maximum Gasteiger partial charge on any atom is 0.333 e. The van der Waals surface area contributed by atoms with E-state index in [2.05, 4.69) is 0 Å². The minimum absolute atomic E-state index is 0.0239. The van der Waals surface area contributed by atoms with Gasteiger partial charge in [-0.25, -0.2) is 4.79 Å². The quantitative estimate of drug-likeness (QED) is 0.693. The molecule has 5 nitrogen and oxygen atoms in total. The predicted molar refractivity (Wildman–Crippen MR) is 66.7 cm³/mol. The van der Waals surface area contributed by atoms with Crippen LogP contribution in [0.5, 0.6) is 0 Å². The summed E-state index contributed by atoms with van der Waals surface area (Å²) >= 11 is 0. The predicted octanol–water partition coefficient (Wildman–Crippen LogP) is 1.75. The molecule has 0 heterocycles. The zero-order valence-electron chi connectivity index (χ0n) is 10.6. The highest BCUT2D eigenvalue weighted by atomic mass is 16.4. The lowest BCUT2D eigenvalue weighted by atomic mass is 9.67. The van der Waals surface area contributed by atoms with Gasteiger partial charge >= 0.3 is 11.9 Å². The van der Waals surface area contributed by atoms with E-state index in [1.165, 1.54) is 12.2 Å². The molecule has 0 fully saturated rings. The summed E-state index contributed by atoms with van der Waals surface area (Å²) in [4.78, 5) is 22.7. The van der Waals surface area contributed by atoms with Crippen molar-refractivity contribution in [3.05, 3.63) is 23.4 Å². The fourth-order valence-electron chi connectivity index (χ4n) is 2.32. The second-order valence-electron chi connectivity index (χ2n) is 4.79. The van der Waals surface area contributed by atoms with Crippen molar-refractivity contribution in [3.8, 4) is 0 Å². The fourth-order valence-corrected chi connectivity index (χ4v) is 2.32. The summed E-state index contributed by atoms with van der Waals surface area (Å²) in [6.45, 7) is 3.52. The summed E-state index contributed by atoms with van der Waals surface area (Å²) in [5, 5.41) is 18.6. The van der Waals surface area contributed by atoms with Crippen LogP contribution in [-0.2, 0) is 9.59 Å². The Morgan fingerprint density at radius 1 is 1.44 bits per heavy atom. The summed E-state index contributed by atoms with van der Waals surface area (Å²) in [7, 11) is 0. The van der Waals surface area contributed by atoms with E-state index in [1.807, 2.05) is 6.92 Å². The highest BCUT2D eigenvalue weighted by molar-refractivity contribution is 5.92. The Kier molecular flexibility index (Phi) is 4.16. The van der Waals surface area contributed by atoms with Crippen LogP contribution < -0.4 is 5.73 Å². The monoisotopic (exact) mass is 253 g/mol. The number of hydrogen-bond acceptors (Lipinski definition) is 3. The second kappa shape index (κ2) is 5.25. The molecule has 0 spiro atoms. The van der Waals surface area contributed by atoms with Crippen molar-refractivity contribution in [2.75, 3.05) is 0 Å². The van der Waals surface area contributed by atoms with Gasteiger partial charge in [0.05, 0.1) is 11.0 Å². The molecule has 5 heteroatoms.